The van der Waals surface area contributed by atoms with Crippen molar-refractivity contribution in [2.45, 2.75) is 13.3 Å². The van der Waals surface area contributed by atoms with Gasteiger partial charge in [0.25, 0.3) is 5.19 Å². The first-order chi connectivity index (χ1) is 13.4. The Morgan fingerprint density at radius 2 is 2.14 bits per heavy atom. The number of nitrogen functional groups attached to an aromatic ring is 1. The van der Waals surface area contributed by atoms with Gasteiger partial charge in [0.1, 0.15) is 17.1 Å². The molecule has 0 aliphatic heterocycles. The number of aryl methyl sites for hydroxylation is 1. The van der Waals surface area contributed by atoms with Crippen molar-refractivity contribution in [2.75, 3.05) is 5.73 Å². The Kier molecular flexibility index (Phi) is 4.91. The highest BCUT2D eigenvalue weighted by Crippen LogP contribution is 2.32. The predicted molar refractivity (Wildman–Crippen MR) is 111 cm³/mol. The van der Waals surface area contributed by atoms with Gasteiger partial charge in [0.2, 0.25) is 0 Å². The number of aromatic nitrogens is 1. The maximum absolute atomic E-state index is 14.2. The number of benzene rings is 2. The van der Waals surface area contributed by atoms with E-state index in [4.69, 9.17) is 14.9 Å². The second-order valence-corrected chi connectivity index (χ2v) is 8.55. The van der Waals surface area contributed by atoms with Crippen molar-refractivity contribution in [1.82, 2.24) is 4.98 Å². The molecule has 8 heteroatoms. The number of fused-ring (bicyclic) bond motifs is 1. The summed E-state index contributed by atoms with van der Waals surface area (Å²) in [5, 5.41) is 1.23. The van der Waals surface area contributed by atoms with Gasteiger partial charge < -0.3 is 14.9 Å². The number of rotatable bonds is 4. The molecule has 0 atom stereocenters. The number of hydrogen-bond donors (Lipinski definition) is 1. The lowest BCUT2D eigenvalue weighted by Gasteiger charge is -2.10. The highest BCUT2D eigenvalue weighted by Gasteiger charge is 2.16. The highest BCUT2D eigenvalue weighted by molar-refractivity contribution is 9.11. The van der Waals surface area contributed by atoms with Crippen LogP contribution in [0.25, 0.3) is 11.0 Å². The molecule has 0 aliphatic rings. The molecule has 5 nitrogen and oxygen atoms in total. The molecule has 0 saturated heterocycles. The summed E-state index contributed by atoms with van der Waals surface area (Å²) in [6.45, 7) is 1.82. The molecule has 0 radical (unpaired) electrons. The zero-order valence-electron chi connectivity index (χ0n) is 14.7. The van der Waals surface area contributed by atoms with Crippen LogP contribution in [0.5, 0.6) is 10.9 Å². The molecule has 0 bridgehead atoms. The first-order valence-electron chi connectivity index (χ1n) is 8.31. The first-order valence-corrected chi connectivity index (χ1v) is 9.91. The number of hydrogen-bond acceptors (Lipinski definition) is 6. The van der Waals surface area contributed by atoms with E-state index >= 15 is 0 Å². The van der Waals surface area contributed by atoms with E-state index in [1.807, 2.05) is 13.0 Å². The van der Waals surface area contributed by atoms with Gasteiger partial charge in [0, 0.05) is 23.4 Å². The fourth-order valence-electron chi connectivity index (χ4n) is 2.96. The van der Waals surface area contributed by atoms with Crippen LogP contribution < -0.4 is 16.1 Å². The van der Waals surface area contributed by atoms with Crippen LogP contribution in [0, 0.1) is 12.7 Å². The minimum Gasteiger partial charge on any atom is -0.431 e. The van der Waals surface area contributed by atoms with Gasteiger partial charge in [-0.15, -0.1) is 0 Å². The van der Waals surface area contributed by atoms with E-state index in [1.165, 1.54) is 17.4 Å². The smallest absolute Gasteiger partial charge is 0.340 e. The summed E-state index contributed by atoms with van der Waals surface area (Å²) in [5.74, 6) is -0.00807. The lowest BCUT2D eigenvalue weighted by atomic mass is 9.99. The molecule has 0 saturated carbocycles. The Labute approximate surface area is 171 Å². The Morgan fingerprint density at radius 3 is 2.89 bits per heavy atom. The van der Waals surface area contributed by atoms with Gasteiger partial charge in [-0.1, -0.05) is 23.5 Å². The van der Waals surface area contributed by atoms with E-state index in [0.717, 1.165) is 14.7 Å². The van der Waals surface area contributed by atoms with Crippen molar-refractivity contribution < 1.29 is 13.5 Å². The minimum absolute atomic E-state index is 0.0518. The van der Waals surface area contributed by atoms with Crippen molar-refractivity contribution >= 4 is 43.9 Å². The van der Waals surface area contributed by atoms with Gasteiger partial charge in [-0.2, -0.15) is 0 Å². The average molecular weight is 461 g/mol. The van der Waals surface area contributed by atoms with Gasteiger partial charge in [0.05, 0.1) is 15.7 Å². The van der Waals surface area contributed by atoms with Gasteiger partial charge in [0.15, 0.2) is 0 Å². The first kappa shape index (κ1) is 18.6. The van der Waals surface area contributed by atoms with Gasteiger partial charge in [-0.05, 0) is 52.2 Å². The second-order valence-electron chi connectivity index (χ2n) is 6.18. The topological polar surface area (TPSA) is 78.4 Å². The van der Waals surface area contributed by atoms with Crippen LogP contribution in [-0.4, -0.2) is 4.98 Å². The molecule has 0 aliphatic carbocycles. The molecule has 28 heavy (non-hydrogen) atoms. The molecule has 0 fully saturated rings. The number of nitrogens with zero attached hydrogens (tertiary/aromatic N) is 1. The Balaban J connectivity index is 1.73. The van der Waals surface area contributed by atoms with E-state index in [9.17, 15) is 9.18 Å². The summed E-state index contributed by atoms with van der Waals surface area (Å²) in [7, 11) is 0. The molecule has 2 aromatic heterocycles. The van der Waals surface area contributed by atoms with Gasteiger partial charge in [-0.3, -0.25) is 0 Å². The molecule has 4 rings (SSSR count). The summed E-state index contributed by atoms with van der Waals surface area (Å²) < 4.78 is 26.3. The number of ether oxygens (including phenoxy) is 1. The zero-order valence-corrected chi connectivity index (χ0v) is 17.1. The van der Waals surface area contributed by atoms with Crippen LogP contribution in [0.2, 0.25) is 0 Å². The summed E-state index contributed by atoms with van der Waals surface area (Å²) in [5.41, 5.74) is 7.04. The van der Waals surface area contributed by atoms with Gasteiger partial charge in [-0.25, -0.2) is 14.2 Å². The lowest BCUT2D eigenvalue weighted by molar-refractivity contribution is 0.476. The SMILES string of the molecule is Cc1c(Cc2cccc(N)c2F)c(=O)oc2cc(Oc3ncc(Br)s3)ccc12. The molecule has 142 valence electrons. The average Bonchev–Trinajstić information content (AvgIpc) is 3.06. The van der Waals surface area contributed by atoms with E-state index in [1.54, 1.807) is 30.5 Å². The summed E-state index contributed by atoms with van der Waals surface area (Å²) in [6.07, 6.45) is 1.75. The molecule has 0 spiro atoms. The van der Waals surface area contributed by atoms with Crippen LogP contribution in [0.1, 0.15) is 16.7 Å². The zero-order chi connectivity index (χ0) is 19.8. The van der Waals surface area contributed by atoms with Crippen molar-refractivity contribution in [1.29, 1.82) is 0 Å². The molecule has 0 amide bonds. The van der Waals surface area contributed by atoms with Crippen LogP contribution >= 0.6 is 27.3 Å². The minimum atomic E-state index is -0.514. The van der Waals surface area contributed by atoms with Gasteiger partial charge >= 0.3 is 5.63 Å². The van der Waals surface area contributed by atoms with E-state index in [2.05, 4.69) is 20.9 Å². The maximum atomic E-state index is 14.2. The molecule has 2 N–H and O–H groups in total. The van der Waals surface area contributed by atoms with Crippen molar-refractivity contribution in [3.63, 3.8) is 0 Å². The number of nitrogens with two attached hydrogens (primary N) is 1. The summed E-state index contributed by atoms with van der Waals surface area (Å²) in [6, 6.07) is 9.98. The summed E-state index contributed by atoms with van der Waals surface area (Å²) >= 11 is 4.68. The highest BCUT2D eigenvalue weighted by atomic mass is 79.9. The standard InChI is InChI=1S/C20H14BrFN2O3S/c1-10-13-6-5-12(26-20-24-9-17(21)28-20)8-16(13)27-19(25)14(10)7-11-3-2-4-15(23)18(11)22/h2-6,8-9H,7,23H2,1H3. The molecule has 4 aromatic rings. The maximum Gasteiger partial charge on any atom is 0.340 e. The predicted octanol–water partition coefficient (Wildman–Crippen LogP) is 5.42. The van der Waals surface area contributed by atoms with Crippen LogP contribution in [0.15, 0.2) is 55.6 Å². The van der Waals surface area contributed by atoms with Crippen molar-refractivity contribution in [3.05, 3.63) is 79.3 Å². The third-order valence-electron chi connectivity index (χ3n) is 4.40. The quantitative estimate of drug-likeness (QED) is 0.324. The number of halogens is 2. The van der Waals surface area contributed by atoms with Crippen LogP contribution in [-0.2, 0) is 6.42 Å². The van der Waals surface area contributed by atoms with Crippen LogP contribution in [0.4, 0.5) is 10.1 Å². The molecular weight excluding hydrogens is 447 g/mol. The largest absolute Gasteiger partial charge is 0.431 e. The lowest BCUT2D eigenvalue weighted by Crippen LogP contribution is -2.12. The number of thiazole rings is 1. The summed E-state index contributed by atoms with van der Waals surface area (Å²) in [4.78, 5) is 16.7. The molecule has 0 unspecified atom stereocenters. The Morgan fingerprint density at radius 1 is 1.32 bits per heavy atom. The van der Waals surface area contributed by atoms with Crippen molar-refractivity contribution in [3.8, 4) is 10.9 Å². The molecule has 2 heterocycles. The van der Waals surface area contributed by atoms with Crippen molar-refractivity contribution in [2.24, 2.45) is 0 Å². The fourth-order valence-corrected chi connectivity index (χ4v) is 3.99. The monoisotopic (exact) mass is 460 g/mol. The van der Waals surface area contributed by atoms with E-state index in [0.29, 0.717) is 27.7 Å². The third kappa shape index (κ3) is 3.53. The second kappa shape index (κ2) is 7.37. The number of anilines is 1. The fraction of sp³-hybridized carbons (Fsp3) is 0.100. The third-order valence-corrected chi connectivity index (χ3v) is 5.75. The normalized spacial score (nSPS) is 11.1. The molecular formula is C20H14BrFN2O3S. The Bertz CT molecular complexity index is 1250. The Hall–Kier alpha value is -2.71. The van der Waals surface area contributed by atoms with Crippen LogP contribution in [0.3, 0.4) is 0 Å². The van der Waals surface area contributed by atoms with E-state index in [-0.39, 0.29) is 12.1 Å². The molecule has 2 aromatic carbocycles. The van der Waals surface area contributed by atoms with E-state index < -0.39 is 11.4 Å².